The molecule has 1 saturated carbocycles. The van der Waals surface area contributed by atoms with Crippen molar-refractivity contribution >= 4 is 17.5 Å². The van der Waals surface area contributed by atoms with E-state index < -0.39 is 5.91 Å². The Labute approximate surface area is 127 Å². The van der Waals surface area contributed by atoms with Gasteiger partial charge in [0.05, 0.1) is 12.2 Å². The number of nitrogens with two attached hydrogens (primary N) is 1. The highest BCUT2D eigenvalue weighted by atomic mass is 35.5. The molecule has 1 amide bonds. The maximum absolute atomic E-state index is 11.6. The van der Waals surface area contributed by atoms with Crippen molar-refractivity contribution in [2.24, 2.45) is 11.7 Å². The summed E-state index contributed by atoms with van der Waals surface area (Å²) >= 11 is 6.15. The molecule has 21 heavy (non-hydrogen) atoms. The minimum Gasteiger partial charge on any atom is -0.493 e. The molecule has 6 heteroatoms. The summed E-state index contributed by atoms with van der Waals surface area (Å²) < 4.78 is 5.83. The van der Waals surface area contributed by atoms with E-state index in [2.05, 4.69) is 9.97 Å². The first kappa shape index (κ1) is 13.8. The molecule has 0 aliphatic heterocycles. The molecule has 0 bridgehead atoms. The van der Waals surface area contributed by atoms with Crippen LogP contribution in [0.2, 0.25) is 5.15 Å². The van der Waals surface area contributed by atoms with Crippen LogP contribution in [-0.2, 0) is 0 Å². The Morgan fingerprint density at radius 1 is 1.38 bits per heavy atom. The molecule has 0 radical (unpaired) electrons. The molecule has 1 aliphatic rings. The molecule has 0 saturated heterocycles. The summed E-state index contributed by atoms with van der Waals surface area (Å²) in [4.78, 5) is 19.7. The Balaban J connectivity index is 2.05. The van der Waals surface area contributed by atoms with Crippen LogP contribution >= 0.6 is 11.6 Å². The van der Waals surface area contributed by atoms with Crippen LogP contribution in [0.15, 0.2) is 30.7 Å². The van der Waals surface area contributed by atoms with E-state index in [4.69, 9.17) is 22.1 Å². The van der Waals surface area contributed by atoms with Crippen LogP contribution in [0.25, 0.3) is 11.1 Å². The monoisotopic (exact) mass is 303 g/mol. The lowest BCUT2D eigenvalue weighted by Crippen LogP contribution is -2.13. The van der Waals surface area contributed by atoms with Crippen molar-refractivity contribution in [1.82, 2.24) is 9.97 Å². The maximum atomic E-state index is 11.6. The van der Waals surface area contributed by atoms with Gasteiger partial charge in [0, 0.05) is 29.7 Å². The third kappa shape index (κ3) is 2.97. The van der Waals surface area contributed by atoms with Crippen LogP contribution < -0.4 is 10.5 Å². The van der Waals surface area contributed by atoms with Crippen molar-refractivity contribution in [1.29, 1.82) is 0 Å². The van der Waals surface area contributed by atoms with E-state index in [1.54, 1.807) is 24.5 Å². The van der Waals surface area contributed by atoms with E-state index in [0.29, 0.717) is 35.0 Å². The molecule has 3 rings (SSSR count). The Morgan fingerprint density at radius 2 is 2.19 bits per heavy atom. The molecule has 1 fully saturated rings. The highest BCUT2D eigenvalue weighted by Crippen LogP contribution is 2.37. The first-order valence-electron chi connectivity index (χ1n) is 6.68. The average Bonchev–Trinajstić information content (AvgIpc) is 3.29. The van der Waals surface area contributed by atoms with Gasteiger partial charge in [-0.3, -0.25) is 9.78 Å². The van der Waals surface area contributed by atoms with Gasteiger partial charge in [-0.1, -0.05) is 11.6 Å². The molecule has 0 spiro atoms. The fourth-order valence-electron chi connectivity index (χ4n) is 2.09. The van der Waals surface area contributed by atoms with Crippen LogP contribution in [0, 0.1) is 5.92 Å². The predicted molar refractivity (Wildman–Crippen MR) is 79.2 cm³/mol. The number of hydrogen-bond acceptors (Lipinski definition) is 4. The van der Waals surface area contributed by atoms with E-state index in [9.17, 15) is 4.79 Å². The minimum atomic E-state index is -0.564. The van der Waals surface area contributed by atoms with Crippen LogP contribution in [0.3, 0.4) is 0 Å². The number of carbonyl (C=O) groups excluding carboxylic acids is 1. The summed E-state index contributed by atoms with van der Waals surface area (Å²) in [5.41, 5.74) is 6.81. The molecular weight excluding hydrogens is 290 g/mol. The molecule has 2 aromatic heterocycles. The number of nitrogens with zero attached hydrogens (tertiary/aromatic N) is 2. The number of amides is 1. The fraction of sp³-hybridized carbons (Fsp3) is 0.267. The average molecular weight is 304 g/mol. The zero-order chi connectivity index (χ0) is 14.8. The lowest BCUT2D eigenvalue weighted by Gasteiger charge is -2.13. The van der Waals surface area contributed by atoms with Crippen LogP contribution in [-0.4, -0.2) is 22.5 Å². The summed E-state index contributed by atoms with van der Waals surface area (Å²) in [5.74, 6) is 0.687. The molecule has 5 nitrogen and oxygen atoms in total. The molecule has 1 aliphatic carbocycles. The highest BCUT2D eigenvalue weighted by molar-refractivity contribution is 6.33. The minimum absolute atomic E-state index is 0.204. The first-order chi connectivity index (χ1) is 10.2. The third-order valence-electron chi connectivity index (χ3n) is 3.39. The lowest BCUT2D eigenvalue weighted by atomic mass is 10.0. The third-order valence-corrected chi connectivity index (χ3v) is 3.68. The predicted octanol–water partition coefficient (Wildman–Crippen LogP) is 2.68. The maximum Gasteiger partial charge on any atom is 0.249 e. The second-order valence-corrected chi connectivity index (χ2v) is 5.37. The Morgan fingerprint density at radius 3 is 2.90 bits per heavy atom. The molecule has 108 valence electrons. The fourth-order valence-corrected chi connectivity index (χ4v) is 2.35. The van der Waals surface area contributed by atoms with Gasteiger partial charge in [-0.15, -0.1) is 0 Å². The zero-order valence-electron chi connectivity index (χ0n) is 11.3. The quantitative estimate of drug-likeness (QED) is 0.861. The highest BCUT2D eigenvalue weighted by Gasteiger charge is 2.23. The van der Waals surface area contributed by atoms with Crippen LogP contribution in [0.4, 0.5) is 0 Å². The van der Waals surface area contributed by atoms with E-state index >= 15 is 0 Å². The number of pyridine rings is 2. The van der Waals surface area contributed by atoms with Gasteiger partial charge in [0.2, 0.25) is 5.91 Å². The van der Waals surface area contributed by atoms with E-state index in [1.807, 2.05) is 0 Å². The van der Waals surface area contributed by atoms with Crippen molar-refractivity contribution < 1.29 is 9.53 Å². The standard InChI is InChI=1S/C15H14ClN3O2/c16-14-13(10(15(17)20)3-6-19-14)11-7-18-5-4-12(11)21-8-9-1-2-9/h3-7,9H,1-2,8H2,(H2,17,20). The Bertz CT molecular complexity index is 686. The van der Waals surface area contributed by atoms with Crippen molar-refractivity contribution in [3.63, 3.8) is 0 Å². The number of halogens is 1. The number of ether oxygens (including phenoxy) is 1. The van der Waals surface area contributed by atoms with Crippen molar-refractivity contribution in [2.75, 3.05) is 6.61 Å². The molecule has 2 heterocycles. The number of carbonyl (C=O) groups is 1. The molecule has 2 aromatic rings. The molecule has 2 N–H and O–H groups in total. The number of primary amides is 1. The Kier molecular flexibility index (Phi) is 3.75. The number of hydrogen-bond donors (Lipinski definition) is 1. The largest absolute Gasteiger partial charge is 0.493 e. The zero-order valence-corrected chi connectivity index (χ0v) is 12.0. The summed E-state index contributed by atoms with van der Waals surface area (Å²) in [7, 11) is 0. The van der Waals surface area contributed by atoms with Crippen molar-refractivity contribution in [3.05, 3.63) is 41.4 Å². The topological polar surface area (TPSA) is 78.1 Å². The van der Waals surface area contributed by atoms with Gasteiger partial charge in [0.25, 0.3) is 0 Å². The van der Waals surface area contributed by atoms with Gasteiger partial charge < -0.3 is 10.5 Å². The summed E-state index contributed by atoms with van der Waals surface area (Å²) in [6.45, 7) is 0.654. The van der Waals surface area contributed by atoms with E-state index in [-0.39, 0.29) is 5.15 Å². The van der Waals surface area contributed by atoms with E-state index in [0.717, 1.165) is 0 Å². The van der Waals surface area contributed by atoms with E-state index in [1.165, 1.54) is 19.0 Å². The van der Waals surface area contributed by atoms with Gasteiger partial charge >= 0.3 is 0 Å². The lowest BCUT2D eigenvalue weighted by molar-refractivity contribution is 0.100. The second-order valence-electron chi connectivity index (χ2n) is 5.01. The van der Waals surface area contributed by atoms with Crippen LogP contribution in [0.5, 0.6) is 5.75 Å². The smallest absolute Gasteiger partial charge is 0.249 e. The van der Waals surface area contributed by atoms with Gasteiger partial charge in [0.15, 0.2) is 0 Å². The molecular formula is C15H14ClN3O2. The first-order valence-corrected chi connectivity index (χ1v) is 7.06. The second kappa shape index (κ2) is 5.69. The van der Waals surface area contributed by atoms with Gasteiger partial charge in [0.1, 0.15) is 10.9 Å². The number of rotatable bonds is 5. The van der Waals surface area contributed by atoms with Crippen molar-refractivity contribution in [2.45, 2.75) is 12.8 Å². The molecule has 0 unspecified atom stereocenters. The van der Waals surface area contributed by atoms with Crippen molar-refractivity contribution in [3.8, 4) is 16.9 Å². The Hall–Kier alpha value is -2.14. The summed E-state index contributed by atoms with van der Waals surface area (Å²) in [5, 5.41) is 0.204. The summed E-state index contributed by atoms with van der Waals surface area (Å²) in [6, 6.07) is 3.30. The number of aromatic nitrogens is 2. The SMILES string of the molecule is NC(=O)c1ccnc(Cl)c1-c1cnccc1OCC1CC1. The van der Waals surface area contributed by atoms with Gasteiger partial charge in [-0.25, -0.2) is 4.98 Å². The summed E-state index contributed by atoms with van der Waals surface area (Å²) in [6.07, 6.45) is 7.09. The molecule has 0 aromatic carbocycles. The molecule has 0 atom stereocenters. The normalized spacial score (nSPS) is 14.0. The van der Waals surface area contributed by atoms with Gasteiger partial charge in [-0.2, -0.15) is 0 Å². The van der Waals surface area contributed by atoms with Gasteiger partial charge in [-0.05, 0) is 30.9 Å². The van der Waals surface area contributed by atoms with Crippen LogP contribution in [0.1, 0.15) is 23.2 Å².